The van der Waals surface area contributed by atoms with Crippen molar-refractivity contribution in [3.05, 3.63) is 23.2 Å². The largest absolute Gasteiger partial charge is 0.444 e. The van der Waals surface area contributed by atoms with Crippen molar-refractivity contribution in [3.8, 4) is 0 Å². The number of carbonyl (C=O) groups is 2. The lowest BCUT2D eigenvalue weighted by molar-refractivity contribution is 0.0185. The summed E-state index contributed by atoms with van der Waals surface area (Å²) < 4.78 is 5.37. The minimum Gasteiger partial charge on any atom is -0.444 e. The first-order chi connectivity index (χ1) is 10.7. The molecule has 1 aliphatic rings. The zero-order chi connectivity index (χ0) is 17.0. The Bertz CT molecular complexity index is 571. The van der Waals surface area contributed by atoms with Crippen LogP contribution in [0.3, 0.4) is 0 Å². The van der Waals surface area contributed by atoms with E-state index in [1.165, 1.54) is 12.4 Å². The van der Waals surface area contributed by atoms with E-state index in [1.54, 1.807) is 4.90 Å². The summed E-state index contributed by atoms with van der Waals surface area (Å²) in [5.41, 5.74) is -0.197. The Labute approximate surface area is 140 Å². The Morgan fingerprint density at radius 2 is 2.00 bits per heavy atom. The second-order valence-electron chi connectivity index (χ2n) is 6.48. The molecule has 1 fully saturated rings. The number of rotatable bonds is 2. The second-order valence-corrected chi connectivity index (χ2v) is 6.82. The van der Waals surface area contributed by atoms with Crippen LogP contribution in [0, 0.1) is 0 Å². The quantitative estimate of drug-likeness (QED) is 0.835. The van der Waals surface area contributed by atoms with E-state index in [-0.39, 0.29) is 23.3 Å². The Balaban J connectivity index is 1.92. The molecule has 0 spiro atoms. The number of aromatic nitrogens is 2. The standard InChI is InChI=1S/C15H21ClN4O3/c1-15(2,3)23-14(22)20-6-4-5-11(9-20)19-12(21)10-7-17-13(16)18-8-10/h7-8,11H,4-6,9H2,1-3H3,(H,19,21). The number of amides is 2. The van der Waals surface area contributed by atoms with Gasteiger partial charge in [0.15, 0.2) is 0 Å². The van der Waals surface area contributed by atoms with Crippen LogP contribution in [0.15, 0.2) is 12.4 Å². The van der Waals surface area contributed by atoms with Crippen molar-refractivity contribution in [1.82, 2.24) is 20.2 Å². The third-order valence-electron chi connectivity index (χ3n) is 3.29. The maximum atomic E-state index is 12.2. The molecule has 1 saturated heterocycles. The number of ether oxygens (including phenoxy) is 1. The molecule has 1 aliphatic heterocycles. The number of carbonyl (C=O) groups excluding carboxylic acids is 2. The zero-order valence-corrected chi connectivity index (χ0v) is 14.3. The van der Waals surface area contributed by atoms with Crippen LogP contribution in [0.2, 0.25) is 5.28 Å². The highest BCUT2D eigenvalue weighted by molar-refractivity contribution is 6.28. The third kappa shape index (κ3) is 5.35. The number of nitrogens with zero attached hydrogens (tertiary/aromatic N) is 3. The zero-order valence-electron chi connectivity index (χ0n) is 13.5. The van der Waals surface area contributed by atoms with Gasteiger partial charge in [-0.3, -0.25) is 4.79 Å². The van der Waals surface area contributed by atoms with E-state index in [0.717, 1.165) is 12.8 Å². The van der Waals surface area contributed by atoms with E-state index in [2.05, 4.69) is 15.3 Å². The van der Waals surface area contributed by atoms with Crippen LogP contribution in [-0.4, -0.2) is 51.6 Å². The molecule has 2 rings (SSSR count). The van der Waals surface area contributed by atoms with Gasteiger partial charge in [0.05, 0.1) is 5.56 Å². The fourth-order valence-electron chi connectivity index (χ4n) is 2.29. The van der Waals surface area contributed by atoms with Gasteiger partial charge < -0.3 is 15.0 Å². The van der Waals surface area contributed by atoms with Crippen molar-refractivity contribution < 1.29 is 14.3 Å². The van der Waals surface area contributed by atoms with Crippen molar-refractivity contribution in [2.75, 3.05) is 13.1 Å². The van der Waals surface area contributed by atoms with Crippen LogP contribution in [0.1, 0.15) is 44.0 Å². The molecule has 0 radical (unpaired) electrons. The monoisotopic (exact) mass is 340 g/mol. The summed E-state index contributed by atoms with van der Waals surface area (Å²) in [6.07, 6.45) is 4.00. The Kier molecular flexibility index (Phi) is 5.41. The van der Waals surface area contributed by atoms with Crippen LogP contribution < -0.4 is 5.32 Å². The van der Waals surface area contributed by atoms with E-state index in [9.17, 15) is 9.59 Å². The molecule has 2 amide bonds. The molecule has 1 unspecified atom stereocenters. The number of hydrogen-bond acceptors (Lipinski definition) is 5. The highest BCUT2D eigenvalue weighted by atomic mass is 35.5. The number of halogens is 1. The maximum absolute atomic E-state index is 12.2. The number of piperidine rings is 1. The molecule has 0 saturated carbocycles. The average Bonchev–Trinajstić information content (AvgIpc) is 2.46. The van der Waals surface area contributed by atoms with Crippen LogP contribution in [0.25, 0.3) is 0 Å². The molecule has 0 bridgehead atoms. The summed E-state index contributed by atoms with van der Waals surface area (Å²) in [6.45, 7) is 6.54. The minimum absolute atomic E-state index is 0.0929. The maximum Gasteiger partial charge on any atom is 0.410 e. The van der Waals surface area contributed by atoms with Crippen molar-refractivity contribution in [3.63, 3.8) is 0 Å². The normalized spacial score (nSPS) is 18.4. The van der Waals surface area contributed by atoms with Gasteiger partial charge in [0.2, 0.25) is 5.28 Å². The van der Waals surface area contributed by atoms with Crippen LogP contribution in [-0.2, 0) is 4.74 Å². The highest BCUT2D eigenvalue weighted by Crippen LogP contribution is 2.15. The van der Waals surface area contributed by atoms with E-state index >= 15 is 0 Å². The van der Waals surface area contributed by atoms with Crippen molar-refractivity contribution in [2.45, 2.75) is 45.3 Å². The second kappa shape index (κ2) is 7.12. The smallest absolute Gasteiger partial charge is 0.410 e. The summed E-state index contributed by atoms with van der Waals surface area (Å²) in [7, 11) is 0. The van der Waals surface area contributed by atoms with E-state index in [4.69, 9.17) is 16.3 Å². The molecule has 1 aromatic rings. The Morgan fingerprint density at radius 1 is 1.35 bits per heavy atom. The summed E-state index contributed by atoms with van der Waals surface area (Å²) in [5, 5.41) is 2.98. The molecule has 2 heterocycles. The molecule has 23 heavy (non-hydrogen) atoms. The first-order valence-electron chi connectivity index (χ1n) is 7.51. The molecule has 0 aromatic carbocycles. The number of likely N-dealkylation sites (tertiary alicyclic amines) is 1. The Hall–Kier alpha value is -1.89. The van der Waals surface area contributed by atoms with Crippen molar-refractivity contribution in [1.29, 1.82) is 0 Å². The van der Waals surface area contributed by atoms with E-state index in [0.29, 0.717) is 18.7 Å². The van der Waals surface area contributed by atoms with Gasteiger partial charge in [-0.15, -0.1) is 0 Å². The number of hydrogen-bond donors (Lipinski definition) is 1. The van der Waals surface area contributed by atoms with Gasteiger partial charge in [-0.05, 0) is 45.2 Å². The summed E-state index contributed by atoms with van der Waals surface area (Å²) in [5.74, 6) is -0.280. The molecule has 7 nitrogen and oxygen atoms in total. The van der Waals surface area contributed by atoms with Crippen LogP contribution in [0.4, 0.5) is 4.79 Å². The lowest BCUT2D eigenvalue weighted by atomic mass is 10.1. The van der Waals surface area contributed by atoms with Gasteiger partial charge in [0, 0.05) is 31.5 Å². The molecule has 0 aliphatic carbocycles. The lowest BCUT2D eigenvalue weighted by Crippen LogP contribution is -2.50. The summed E-state index contributed by atoms with van der Waals surface area (Å²) >= 11 is 5.60. The topological polar surface area (TPSA) is 84.4 Å². The predicted octanol–water partition coefficient (Wildman–Crippen LogP) is 2.26. The van der Waals surface area contributed by atoms with Crippen molar-refractivity contribution in [2.24, 2.45) is 0 Å². The molecule has 1 aromatic heterocycles. The molecule has 126 valence electrons. The first kappa shape index (κ1) is 17.5. The lowest BCUT2D eigenvalue weighted by Gasteiger charge is -2.34. The third-order valence-corrected chi connectivity index (χ3v) is 3.49. The minimum atomic E-state index is -0.534. The number of nitrogens with one attached hydrogen (secondary N) is 1. The van der Waals surface area contributed by atoms with Crippen molar-refractivity contribution >= 4 is 23.6 Å². The molecule has 1 N–H and O–H groups in total. The van der Waals surface area contributed by atoms with Gasteiger partial charge >= 0.3 is 6.09 Å². The molecule has 1 atom stereocenters. The van der Waals surface area contributed by atoms with Gasteiger partial charge in [0.25, 0.3) is 5.91 Å². The van der Waals surface area contributed by atoms with Crippen LogP contribution in [0.5, 0.6) is 0 Å². The van der Waals surface area contributed by atoms with Crippen LogP contribution >= 0.6 is 11.6 Å². The summed E-state index contributed by atoms with van der Waals surface area (Å²) in [6, 6.07) is -0.126. The average molecular weight is 341 g/mol. The van der Waals surface area contributed by atoms with E-state index < -0.39 is 5.60 Å². The first-order valence-corrected chi connectivity index (χ1v) is 7.89. The SMILES string of the molecule is CC(C)(C)OC(=O)N1CCCC(NC(=O)c2cnc(Cl)nc2)C1. The van der Waals surface area contributed by atoms with E-state index in [1.807, 2.05) is 20.8 Å². The Morgan fingerprint density at radius 3 is 2.61 bits per heavy atom. The predicted molar refractivity (Wildman–Crippen MR) is 85.3 cm³/mol. The highest BCUT2D eigenvalue weighted by Gasteiger charge is 2.28. The van der Waals surface area contributed by atoms with Gasteiger partial charge in [-0.25, -0.2) is 14.8 Å². The van der Waals surface area contributed by atoms with Gasteiger partial charge in [0.1, 0.15) is 5.60 Å². The fraction of sp³-hybridized carbons (Fsp3) is 0.600. The molecular formula is C15H21ClN4O3. The summed E-state index contributed by atoms with van der Waals surface area (Å²) in [4.78, 5) is 33.5. The fourth-order valence-corrected chi connectivity index (χ4v) is 2.38. The van der Waals surface area contributed by atoms with Gasteiger partial charge in [-0.2, -0.15) is 0 Å². The molecular weight excluding hydrogens is 320 g/mol. The van der Waals surface area contributed by atoms with Gasteiger partial charge in [-0.1, -0.05) is 0 Å². The molecule has 8 heteroatoms.